The van der Waals surface area contributed by atoms with Crippen molar-refractivity contribution in [1.29, 1.82) is 0 Å². The summed E-state index contributed by atoms with van der Waals surface area (Å²) in [4.78, 5) is 26.9. The molecular weight excluding hydrogens is 390 g/mol. The Labute approximate surface area is 184 Å². The van der Waals surface area contributed by atoms with E-state index in [1.54, 1.807) is 0 Å². The summed E-state index contributed by atoms with van der Waals surface area (Å²) in [6.07, 6.45) is 1.81. The predicted octanol–water partition coefficient (Wildman–Crippen LogP) is 5.68. The van der Waals surface area contributed by atoms with Crippen LogP contribution in [0.2, 0.25) is 0 Å². The molecule has 0 bridgehead atoms. The molecule has 2 aliphatic rings. The van der Waals surface area contributed by atoms with Crippen molar-refractivity contribution in [2.75, 3.05) is 13.2 Å². The maximum atomic E-state index is 13.1. The maximum Gasteiger partial charge on any atom is 0.410 e. The van der Waals surface area contributed by atoms with Crippen molar-refractivity contribution in [3.05, 3.63) is 59.7 Å². The van der Waals surface area contributed by atoms with E-state index in [2.05, 4.69) is 45.0 Å². The van der Waals surface area contributed by atoms with Crippen molar-refractivity contribution in [2.45, 2.75) is 57.9 Å². The van der Waals surface area contributed by atoms with Gasteiger partial charge in [0.05, 0.1) is 0 Å². The van der Waals surface area contributed by atoms with Crippen LogP contribution in [0.15, 0.2) is 48.5 Å². The number of likely N-dealkylation sites (tertiary alicyclic amines) is 1. The molecule has 0 spiro atoms. The van der Waals surface area contributed by atoms with Crippen LogP contribution in [0.5, 0.6) is 0 Å². The van der Waals surface area contributed by atoms with Crippen LogP contribution in [-0.2, 0) is 9.53 Å². The Kier molecular flexibility index (Phi) is 5.54. The molecule has 1 aliphatic carbocycles. The van der Waals surface area contributed by atoms with Gasteiger partial charge < -0.3 is 9.84 Å². The standard InChI is InChI=1S/C26H31NO4/c1-25(2,3)14-15-26(23(28)29)13-8-16-27(26)24(30)31-17-22-20-11-6-4-9-18(20)19-10-5-7-12-21(19)22/h4-7,9-12,22H,8,13-17H2,1-3H3,(H,28,29). The van der Waals surface area contributed by atoms with E-state index >= 15 is 0 Å². The minimum absolute atomic E-state index is 0.00210. The van der Waals surface area contributed by atoms with Gasteiger partial charge in [-0.1, -0.05) is 69.3 Å². The van der Waals surface area contributed by atoms with E-state index in [0.29, 0.717) is 25.8 Å². The first-order chi connectivity index (χ1) is 14.7. The Morgan fingerprint density at radius 2 is 1.65 bits per heavy atom. The molecule has 1 N–H and O–H groups in total. The highest BCUT2D eigenvalue weighted by atomic mass is 16.6. The molecule has 1 atom stereocenters. The number of hydrogen-bond acceptors (Lipinski definition) is 3. The van der Waals surface area contributed by atoms with Crippen LogP contribution < -0.4 is 0 Å². The van der Waals surface area contributed by atoms with Crippen LogP contribution >= 0.6 is 0 Å². The van der Waals surface area contributed by atoms with E-state index in [-0.39, 0.29) is 17.9 Å². The van der Waals surface area contributed by atoms with Gasteiger partial charge in [-0.15, -0.1) is 0 Å². The second-order valence-corrected chi connectivity index (χ2v) is 9.96. The van der Waals surface area contributed by atoms with E-state index in [9.17, 15) is 14.7 Å². The van der Waals surface area contributed by atoms with Crippen molar-refractivity contribution in [2.24, 2.45) is 5.41 Å². The highest BCUT2D eigenvalue weighted by Crippen LogP contribution is 2.45. The first-order valence-electron chi connectivity index (χ1n) is 11.1. The summed E-state index contributed by atoms with van der Waals surface area (Å²) in [7, 11) is 0. The Hall–Kier alpha value is -2.82. The third-order valence-electron chi connectivity index (χ3n) is 6.73. The first kappa shape index (κ1) is 21.4. The number of benzene rings is 2. The third-order valence-corrected chi connectivity index (χ3v) is 6.73. The molecule has 1 amide bonds. The lowest BCUT2D eigenvalue weighted by Gasteiger charge is -2.36. The molecule has 2 aromatic carbocycles. The van der Waals surface area contributed by atoms with E-state index in [4.69, 9.17) is 4.74 Å². The molecular formula is C26H31NO4. The van der Waals surface area contributed by atoms with Gasteiger partial charge in [0.2, 0.25) is 0 Å². The Balaban J connectivity index is 1.52. The average Bonchev–Trinajstić information content (AvgIpc) is 3.31. The zero-order chi connectivity index (χ0) is 22.2. The largest absolute Gasteiger partial charge is 0.479 e. The number of hydrogen-bond donors (Lipinski definition) is 1. The van der Waals surface area contributed by atoms with Gasteiger partial charge in [-0.05, 0) is 53.4 Å². The number of fused-ring (bicyclic) bond motifs is 3. The van der Waals surface area contributed by atoms with Crippen LogP contribution in [-0.4, -0.2) is 40.8 Å². The highest BCUT2D eigenvalue weighted by Gasteiger charge is 2.51. The molecule has 0 aromatic heterocycles. The van der Waals surface area contributed by atoms with Crippen LogP contribution in [0.3, 0.4) is 0 Å². The number of carboxylic acids is 1. The highest BCUT2D eigenvalue weighted by molar-refractivity contribution is 5.85. The van der Waals surface area contributed by atoms with Gasteiger partial charge in [0.1, 0.15) is 12.1 Å². The van der Waals surface area contributed by atoms with Gasteiger partial charge in [-0.3, -0.25) is 4.90 Å². The van der Waals surface area contributed by atoms with Gasteiger partial charge in [-0.25, -0.2) is 9.59 Å². The molecule has 4 rings (SSSR count). The molecule has 31 heavy (non-hydrogen) atoms. The maximum absolute atomic E-state index is 13.1. The summed E-state index contributed by atoms with van der Waals surface area (Å²) >= 11 is 0. The molecule has 1 saturated heterocycles. The number of nitrogens with zero attached hydrogens (tertiary/aromatic N) is 1. The smallest absolute Gasteiger partial charge is 0.410 e. The molecule has 1 aliphatic heterocycles. The summed E-state index contributed by atoms with van der Waals surface area (Å²) in [5.74, 6) is -0.962. The number of carboxylic acid groups (broad SMARTS) is 1. The zero-order valence-electron chi connectivity index (χ0n) is 18.6. The number of carbonyl (C=O) groups is 2. The van der Waals surface area contributed by atoms with E-state index in [1.165, 1.54) is 16.0 Å². The van der Waals surface area contributed by atoms with E-state index in [1.807, 2.05) is 24.3 Å². The fourth-order valence-corrected chi connectivity index (χ4v) is 4.99. The van der Waals surface area contributed by atoms with E-state index < -0.39 is 17.6 Å². The van der Waals surface area contributed by atoms with Gasteiger partial charge >= 0.3 is 12.1 Å². The summed E-state index contributed by atoms with van der Waals surface area (Å²) in [5.41, 5.74) is 3.47. The molecule has 1 fully saturated rings. The Morgan fingerprint density at radius 1 is 1.06 bits per heavy atom. The van der Waals surface area contributed by atoms with Crippen LogP contribution in [0.4, 0.5) is 4.79 Å². The van der Waals surface area contributed by atoms with Crippen molar-refractivity contribution < 1.29 is 19.4 Å². The zero-order valence-corrected chi connectivity index (χ0v) is 18.6. The molecule has 2 aromatic rings. The van der Waals surface area contributed by atoms with Gasteiger partial charge in [0.25, 0.3) is 0 Å². The van der Waals surface area contributed by atoms with Gasteiger partial charge in [0, 0.05) is 12.5 Å². The van der Waals surface area contributed by atoms with Crippen LogP contribution in [0.1, 0.15) is 63.5 Å². The monoisotopic (exact) mass is 421 g/mol. The normalized spacial score (nSPS) is 20.4. The fraction of sp³-hybridized carbons (Fsp3) is 0.462. The first-order valence-corrected chi connectivity index (χ1v) is 11.1. The molecule has 164 valence electrons. The summed E-state index contributed by atoms with van der Waals surface area (Å²) in [6, 6.07) is 16.4. The summed E-state index contributed by atoms with van der Waals surface area (Å²) in [6.45, 7) is 6.91. The number of rotatable bonds is 5. The number of amides is 1. The Morgan fingerprint density at radius 3 is 2.19 bits per heavy atom. The summed E-state index contributed by atoms with van der Waals surface area (Å²) in [5, 5.41) is 10.1. The summed E-state index contributed by atoms with van der Waals surface area (Å²) < 4.78 is 5.78. The Bertz CT molecular complexity index is 947. The second-order valence-electron chi connectivity index (χ2n) is 9.96. The number of ether oxygens (including phenoxy) is 1. The molecule has 1 unspecified atom stereocenters. The lowest BCUT2D eigenvalue weighted by atomic mass is 9.82. The van der Waals surface area contributed by atoms with Gasteiger partial charge in [-0.2, -0.15) is 0 Å². The fourth-order valence-electron chi connectivity index (χ4n) is 4.99. The molecule has 0 saturated carbocycles. The number of aliphatic carboxylic acids is 1. The van der Waals surface area contributed by atoms with Crippen LogP contribution in [0.25, 0.3) is 11.1 Å². The molecule has 1 heterocycles. The van der Waals surface area contributed by atoms with Gasteiger partial charge in [0.15, 0.2) is 0 Å². The van der Waals surface area contributed by atoms with Crippen molar-refractivity contribution in [3.8, 4) is 11.1 Å². The topological polar surface area (TPSA) is 66.8 Å². The average molecular weight is 422 g/mol. The second kappa shape index (κ2) is 8.03. The predicted molar refractivity (Wildman–Crippen MR) is 120 cm³/mol. The number of carbonyl (C=O) groups excluding carboxylic acids is 1. The third kappa shape index (κ3) is 3.93. The molecule has 5 heteroatoms. The lowest BCUT2D eigenvalue weighted by Crippen LogP contribution is -2.53. The minimum atomic E-state index is -1.17. The van der Waals surface area contributed by atoms with E-state index in [0.717, 1.165) is 17.5 Å². The van der Waals surface area contributed by atoms with Crippen molar-refractivity contribution in [1.82, 2.24) is 4.90 Å². The van der Waals surface area contributed by atoms with Crippen molar-refractivity contribution in [3.63, 3.8) is 0 Å². The van der Waals surface area contributed by atoms with Crippen LogP contribution in [0, 0.1) is 5.41 Å². The molecule has 5 nitrogen and oxygen atoms in total. The quantitative estimate of drug-likeness (QED) is 0.674. The lowest BCUT2D eigenvalue weighted by molar-refractivity contribution is -0.149. The minimum Gasteiger partial charge on any atom is -0.479 e. The molecule has 0 radical (unpaired) electrons. The SMILES string of the molecule is CC(C)(C)CCC1(C(=O)O)CCCN1C(=O)OCC1c2ccccc2-c2ccccc21. The van der Waals surface area contributed by atoms with Crippen molar-refractivity contribution >= 4 is 12.1 Å².